The summed E-state index contributed by atoms with van der Waals surface area (Å²) in [6.07, 6.45) is 0. The quantitative estimate of drug-likeness (QED) is 0.514. The molecule has 6 nitrogen and oxygen atoms in total. The lowest BCUT2D eigenvalue weighted by Gasteiger charge is -2.35. The maximum atomic E-state index is 13.4. The SMILES string of the molecule is CN=C(NCc1ccccc1COC)NCC(c1ccc(F)cc1)N1CCOCC1. The van der Waals surface area contributed by atoms with Crippen LogP contribution in [0.4, 0.5) is 4.39 Å². The van der Waals surface area contributed by atoms with Gasteiger partial charge in [0.25, 0.3) is 0 Å². The van der Waals surface area contributed by atoms with Crippen molar-refractivity contribution >= 4 is 5.96 Å². The monoisotopic (exact) mass is 414 g/mol. The Kier molecular flexibility index (Phi) is 8.62. The average Bonchev–Trinajstić information content (AvgIpc) is 2.79. The summed E-state index contributed by atoms with van der Waals surface area (Å²) in [6, 6.07) is 15.0. The second-order valence-corrected chi connectivity index (χ2v) is 7.22. The van der Waals surface area contributed by atoms with Gasteiger partial charge < -0.3 is 20.1 Å². The molecule has 3 rings (SSSR count). The number of methoxy groups -OCH3 is 1. The molecule has 0 aliphatic carbocycles. The highest BCUT2D eigenvalue weighted by atomic mass is 19.1. The summed E-state index contributed by atoms with van der Waals surface area (Å²) in [5.41, 5.74) is 3.40. The smallest absolute Gasteiger partial charge is 0.191 e. The van der Waals surface area contributed by atoms with Crippen molar-refractivity contribution in [3.8, 4) is 0 Å². The van der Waals surface area contributed by atoms with E-state index in [1.54, 1.807) is 14.2 Å². The van der Waals surface area contributed by atoms with Gasteiger partial charge in [-0.25, -0.2) is 4.39 Å². The second-order valence-electron chi connectivity index (χ2n) is 7.22. The highest BCUT2D eigenvalue weighted by Crippen LogP contribution is 2.21. The van der Waals surface area contributed by atoms with E-state index in [9.17, 15) is 4.39 Å². The number of hydrogen-bond acceptors (Lipinski definition) is 4. The Balaban J connectivity index is 1.63. The van der Waals surface area contributed by atoms with Gasteiger partial charge in [-0.3, -0.25) is 9.89 Å². The van der Waals surface area contributed by atoms with E-state index in [1.807, 2.05) is 24.3 Å². The largest absolute Gasteiger partial charge is 0.380 e. The minimum absolute atomic E-state index is 0.105. The van der Waals surface area contributed by atoms with Crippen molar-refractivity contribution < 1.29 is 13.9 Å². The summed E-state index contributed by atoms with van der Waals surface area (Å²) in [5.74, 6) is 0.502. The van der Waals surface area contributed by atoms with E-state index in [4.69, 9.17) is 9.47 Å². The molecule has 0 radical (unpaired) electrons. The number of hydrogen-bond donors (Lipinski definition) is 2. The molecule has 0 spiro atoms. The minimum atomic E-state index is -0.223. The fourth-order valence-electron chi connectivity index (χ4n) is 3.65. The maximum absolute atomic E-state index is 13.4. The molecule has 0 amide bonds. The number of benzene rings is 2. The van der Waals surface area contributed by atoms with Crippen LogP contribution in [0, 0.1) is 5.82 Å². The van der Waals surface area contributed by atoms with Gasteiger partial charge in [-0.1, -0.05) is 36.4 Å². The highest BCUT2D eigenvalue weighted by molar-refractivity contribution is 5.79. The second kappa shape index (κ2) is 11.6. The molecule has 162 valence electrons. The van der Waals surface area contributed by atoms with Crippen molar-refractivity contribution in [1.29, 1.82) is 0 Å². The lowest BCUT2D eigenvalue weighted by molar-refractivity contribution is 0.0170. The van der Waals surface area contributed by atoms with Gasteiger partial charge in [0.2, 0.25) is 0 Å². The maximum Gasteiger partial charge on any atom is 0.191 e. The van der Waals surface area contributed by atoms with Gasteiger partial charge in [-0.2, -0.15) is 0 Å². The first-order valence-electron chi connectivity index (χ1n) is 10.3. The molecule has 1 aliphatic rings. The van der Waals surface area contributed by atoms with E-state index >= 15 is 0 Å². The molecule has 1 aliphatic heterocycles. The molecule has 1 saturated heterocycles. The van der Waals surface area contributed by atoms with Gasteiger partial charge in [0.15, 0.2) is 5.96 Å². The zero-order chi connectivity index (χ0) is 21.2. The average molecular weight is 415 g/mol. The van der Waals surface area contributed by atoms with E-state index in [2.05, 4.69) is 32.7 Å². The van der Waals surface area contributed by atoms with Gasteiger partial charge >= 0.3 is 0 Å². The van der Waals surface area contributed by atoms with Crippen LogP contribution in [-0.4, -0.2) is 57.9 Å². The van der Waals surface area contributed by atoms with E-state index in [0.29, 0.717) is 32.9 Å². The van der Waals surface area contributed by atoms with Gasteiger partial charge in [0.1, 0.15) is 5.82 Å². The summed E-state index contributed by atoms with van der Waals surface area (Å²) < 4.78 is 24.2. The van der Waals surface area contributed by atoms with Crippen LogP contribution in [0.3, 0.4) is 0 Å². The lowest BCUT2D eigenvalue weighted by Crippen LogP contribution is -2.46. The first-order chi connectivity index (χ1) is 14.7. The fourth-order valence-corrected chi connectivity index (χ4v) is 3.65. The van der Waals surface area contributed by atoms with E-state index < -0.39 is 0 Å². The third kappa shape index (κ3) is 6.26. The molecule has 2 aromatic carbocycles. The predicted octanol–water partition coefficient (Wildman–Crippen LogP) is 2.71. The van der Waals surface area contributed by atoms with Crippen LogP contribution in [-0.2, 0) is 22.6 Å². The van der Waals surface area contributed by atoms with Crippen LogP contribution >= 0.6 is 0 Å². The normalized spacial score (nSPS) is 16.3. The van der Waals surface area contributed by atoms with Crippen molar-refractivity contribution in [2.75, 3.05) is 47.0 Å². The first kappa shape index (κ1) is 22.2. The van der Waals surface area contributed by atoms with E-state index in [0.717, 1.165) is 30.2 Å². The van der Waals surface area contributed by atoms with Crippen LogP contribution in [0.15, 0.2) is 53.5 Å². The number of nitrogens with zero attached hydrogens (tertiary/aromatic N) is 2. The van der Waals surface area contributed by atoms with Crippen LogP contribution < -0.4 is 10.6 Å². The van der Waals surface area contributed by atoms with Gasteiger partial charge in [-0.15, -0.1) is 0 Å². The summed E-state index contributed by atoms with van der Waals surface area (Å²) >= 11 is 0. The Morgan fingerprint density at radius 2 is 1.80 bits per heavy atom. The Labute approximate surface area is 178 Å². The van der Waals surface area contributed by atoms with Crippen LogP contribution in [0.5, 0.6) is 0 Å². The Bertz CT molecular complexity index is 807. The molecular weight excluding hydrogens is 383 g/mol. The lowest BCUT2D eigenvalue weighted by atomic mass is 10.0. The van der Waals surface area contributed by atoms with E-state index in [1.165, 1.54) is 17.7 Å². The third-order valence-electron chi connectivity index (χ3n) is 5.29. The first-order valence-corrected chi connectivity index (χ1v) is 10.3. The molecule has 30 heavy (non-hydrogen) atoms. The van der Waals surface area contributed by atoms with Crippen LogP contribution in [0.1, 0.15) is 22.7 Å². The number of guanidine groups is 1. The molecule has 1 unspecified atom stereocenters. The molecule has 0 saturated carbocycles. The topological polar surface area (TPSA) is 58.1 Å². The van der Waals surface area contributed by atoms with Gasteiger partial charge in [0, 0.05) is 40.3 Å². The zero-order valence-electron chi connectivity index (χ0n) is 17.7. The Morgan fingerprint density at radius 3 is 2.47 bits per heavy atom. The van der Waals surface area contributed by atoms with Crippen LogP contribution in [0.25, 0.3) is 0 Å². The molecule has 0 aromatic heterocycles. The van der Waals surface area contributed by atoms with Crippen molar-refractivity contribution in [3.05, 3.63) is 71.0 Å². The highest BCUT2D eigenvalue weighted by Gasteiger charge is 2.23. The fraction of sp³-hybridized carbons (Fsp3) is 0.435. The number of ether oxygens (including phenoxy) is 2. The molecule has 2 aromatic rings. The minimum Gasteiger partial charge on any atom is -0.380 e. The number of aliphatic imine (C=N–C) groups is 1. The number of nitrogens with one attached hydrogen (secondary N) is 2. The van der Waals surface area contributed by atoms with Crippen molar-refractivity contribution in [3.63, 3.8) is 0 Å². The molecular formula is C23H31FN4O2. The van der Waals surface area contributed by atoms with Crippen molar-refractivity contribution in [1.82, 2.24) is 15.5 Å². The number of rotatable bonds is 8. The summed E-state index contributed by atoms with van der Waals surface area (Å²) in [6.45, 7) is 5.00. The summed E-state index contributed by atoms with van der Waals surface area (Å²) in [4.78, 5) is 6.73. The Hall–Kier alpha value is -2.48. The number of halogens is 1. The molecule has 1 atom stereocenters. The Morgan fingerprint density at radius 1 is 1.10 bits per heavy atom. The third-order valence-corrected chi connectivity index (χ3v) is 5.29. The predicted molar refractivity (Wildman–Crippen MR) is 117 cm³/mol. The molecule has 7 heteroatoms. The van der Waals surface area contributed by atoms with Crippen molar-refractivity contribution in [2.24, 2.45) is 4.99 Å². The summed E-state index contributed by atoms with van der Waals surface area (Å²) in [7, 11) is 3.46. The van der Waals surface area contributed by atoms with E-state index in [-0.39, 0.29) is 11.9 Å². The number of morpholine rings is 1. The van der Waals surface area contributed by atoms with Gasteiger partial charge in [0.05, 0.1) is 25.9 Å². The van der Waals surface area contributed by atoms with Crippen LogP contribution in [0.2, 0.25) is 0 Å². The molecule has 2 N–H and O–H groups in total. The molecule has 1 fully saturated rings. The summed E-state index contributed by atoms with van der Waals surface area (Å²) in [5, 5.41) is 6.82. The van der Waals surface area contributed by atoms with Crippen molar-refractivity contribution in [2.45, 2.75) is 19.2 Å². The van der Waals surface area contributed by atoms with Gasteiger partial charge in [-0.05, 0) is 28.8 Å². The standard InChI is InChI=1S/C23H31FN4O2/c1-25-23(26-15-19-5-3-4-6-20(19)17-29-2)27-16-22(28-11-13-30-14-12-28)18-7-9-21(24)10-8-18/h3-10,22H,11-17H2,1-2H3,(H2,25,26,27). The molecule has 0 bridgehead atoms. The molecule has 1 heterocycles. The zero-order valence-corrected chi connectivity index (χ0v) is 17.7.